The largest absolute Gasteiger partial charge is 0.334 e. The molecule has 2 heterocycles. The fourth-order valence-corrected chi connectivity index (χ4v) is 4.04. The molecule has 1 saturated heterocycles. The molecule has 2 atom stereocenters. The molecule has 1 aromatic rings. The van der Waals surface area contributed by atoms with E-state index in [1.807, 2.05) is 4.90 Å². The standard InChI is InChI=1S/C15H20N2O2S/c18-14-7-2-1-5-11(14)13-6-3-4-8-17(13)15(19)12-9-20-10-16-12/h9-11,13H,1-8H2. The van der Waals surface area contributed by atoms with Crippen molar-refractivity contribution in [3.63, 3.8) is 0 Å². The third-order valence-electron chi connectivity index (χ3n) is 4.53. The van der Waals surface area contributed by atoms with E-state index in [1.54, 1.807) is 10.9 Å². The Morgan fingerprint density at radius 3 is 2.85 bits per heavy atom. The summed E-state index contributed by atoms with van der Waals surface area (Å²) >= 11 is 1.44. The van der Waals surface area contributed by atoms with Crippen molar-refractivity contribution >= 4 is 23.0 Å². The monoisotopic (exact) mass is 292 g/mol. The van der Waals surface area contributed by atoms with Crippen LogP contribution in [0.4, 0.5) is 0 Å². The molecule has 108 valence electrons. The molecule has 2 aliphatic rings. The lowest BCUT2D eigenvalue weighted by atomic mass is 9.79. The van der Waals surface area contributed by atoms with Crippen LogP contribution < -0.4 is 0 Å². The van der Waals surface area contributed by atoms with Crippen molar-refractivity contribution in [3.8, 4) is 0 Å². The van der Waals surface area contributed by atoms with Crippen LogP contribution >= 0.6 is 11.3 Å². The minimum absolute atomic E-state index is 0.00863. The Labute approximate surface area is 123 Å². The van der Waals surface area contributed by atoms with Gasteiger partial charge in [-0.05, 0) is 32.1 Å². The first kappa shape index (κ1) is 13.7. The van der Waals surface area contributed by atoms with Gasteiger partial charge in [0.1, 0.15) is 11.5 Å². The number of aromatic nitrogens is 1. The maximum atomic E-state index is 12.6. The number of hydrogen-bond donors (Lipinski definition) is 0. The van der Waals surface area contributed by atoms with Gasteiger partial charge in [-0.25, -0.2) is 4.98 Å². The van der Waals surface area contributed by atoms with Crippen molar-refractivity contribution in [1.82, 2.24) is 9.88 Å². The van der Waals surface area contributed by atoms with Crippen molar-refractivity contribution in [1.29, 1.82) is 0 Å². The fourth-order valence-electron chi connectivity index (χ4n) is 3.51. The molecule has 0 aromatic carbocycles. The number of amides is 1. The summed E-state index contributed by atoms with van der Waals surface area (Å²) in [5, 5.41) is 1.80. The lowest BCUT2D eigenvalue weighted by Gasteiger charge is -2.40. The first-order chi connectivity index (χ1) is 9.77. The van der Waals surface area contributed by atoms with Crippen LogP contribution in [0.2, 0.25) is 0 Å². The molecule has 1 amide bonds. The quantitative estimate of drug-likeness (QED) is 0.842. The number of carbonyl (C=O) groups is 2. The molecule has 1 aliphatic carbocycles. The average molecular weight is 292 g/mol. The molecule has 2 fully saturated rings. The summed E-state index contributed by atoms with van der Waals surface area (Å²) in [7, 11) is 0. The van der Waals surface area contributed by atoms with Crippen molar-refractivity contribution in [3.05, 3.63) is 16.6 Å². The number of hydrogen-bond acceptors (Lipinski definition) is 4. The van der Waals surface area contributed by atoms with Gasteiger partial charge in [0.15, 0.2) is 0 Å². The zero-order valence-electron chi connectivity index (χ0n) is 11.6. The molecular weight excluding hydrogens is 272 g/mol. The molecular formula is C15H20N2O2S. The summed E-state index contributed by atoms with van der Waals surface area (Å²) in [6, 6.07) is 0.103. The van der Waals surface area contributed by atoms with Crippen LogP contribution in [0.1, 0.15) is 55.4 Å². The van der Waals surface area contributed by atoms with Gasteiger partial charge < -0.3 is 4.90 Å². The SMILES string of the molecule is O=C1CCCCC1C1CCCCN1C(=O)c1cscn1. The van der Waals surface area contributed by atoms with Crippen molar-refractivity contribution in [2.45, 2.75) is 51.0 Å². The highest BCUT2D eigenvalue weighted by Crippen LogP contribution is 2.32. The Morgan fingerprint density at radius 1 is 1.25 bits per heavy atom. The van der Waals surface area contributed by atoms with Gasteiger partial charge in [0.05, 0.1) is 5.51 Å². The molecule has 1 aliphatic heterocycles. The molecule has 2 unspecified atom stereocenters. The van der Waals surface area contributed by atoms with Crippen LogP contribution in [-0.2, 0) is 4.79 Å². The highest BCUT2D eigenvalue weighted by molar-refractivity contribution is 7.07. The van der Waals surface area contributed by atoms with E-state index >= 15 is 0 Å². The van der Waals surface area contributed by atoms with Gasteiger partial charge in [-0.1, -0.05) is 6.42 Å². The third-order valence-corrected chi connectivity index (χ3v) is 5.11. The van der Waals surface area contributed by atoms with Crippen molar-refractivity contribution in [2.75, 3.05) is 6.54 Å². The smallest absolute Gasteiger partial charge is 0.273 e. The highest BCUT2D eigenvalue weighted by Gasteiger charge is 2.38. The average Bonchev–Trinajstić information content (AvgIpc) is 3.01. The Kier molecular flexibility index (Phi) is 4.15. The van der Waals surface area contributed by atoms with E-state index in [1.165, 1.54) is 11.3 Å². The van der Waals surface area contributed by atoms with E-state index in [9.17, 15) is 9.59 Å². The molecule has 0 N–H and O–H groups in total. The van der Waals surface area contributed by atoms with Crippen LogP contribution in [0.5, 0.6) is 0 Å². The van der Waals surface area contributed by atoms with Gasteiger partial charge in [0.2, 0.25) is 0 Å². The minimum atomic E-state index is 0.00863. The molecule has 20 heavy (non-hydrogen) atoms. The predicted molar refractivity (Wildman–Crippen MR) is 77.8 cm³/mol. The fraction of sp³-hybridized carbons (Fsp3) is 0.667. The lowest BCUT2D eigenvalue weighted by molar-refractivity contribution is -0.127. The summed E-state index contributed by atoms with van der Waals surface area (Å²) < 4.78 is 0. The van der Waals surface area contributed by atoms with Crippen LogP contribution in [0.3, 0.4) is 0 Å². The molecule has 0 spiro atoms. The van der Waals surface area contributed by atoms with E-state index in [0.29, 0.717) is 17.9 Å². The molecule has 5 heteroatoms. The second-order valence-electron chi connectivity index (χ2n) is 5.75. The maximum Gasteiger partial charge on any atom is 0.273 e. The summed E-state index contributed by atoms with van der Waals surface area (Å²) in [5.74, 6) is 0.431. The first-order valence-electron chi connectivity index (χ1n) is 7.49. The predicted octanol–water partition coefficient (Wildman–Crippen LogP) is 2.90. The number of rotatable bonds is 2. The third kappa shape index (κ3) is 2.64. The number of likely N-dealkylation sites (tertiary alicyclic amines) is 1. The normalized spacial score (nSPS) is 27.6. The van der Waals surface area contributed by atoms with E-state index in [4.69, 9.17) is 0 Å². The zero-order valence-corrected chi connectivity index (χ0v) is 12.4. The first-order valence-corrected chi connectivity index (χ1v) is 8.43. The van der Waals surface area contributed by atoms with Gasteiger partial charge in [-0.3, -0.25) is 9.59 Å². The van der Waals surface area contributed by atoms with E-state index in [-0.39, 0.29) is 17.9 Å². The number of carbonyl (C=O) groups excluding carboxylic acids is 2. The molecule has 3 rings (SSSR count). The van der Waals surface area contributed by atoms with E-state index < -0.39 is 0 Å². The highest BCUT2D eigenvalue weighted by atomic mass is 32.1. The topological polar surface area (TPSA) is 50.3 Å². The van der Waals surface area contributed by atoms with E-state index in [2.05, 4.69) is 4.98 Å². The van der Waals surface area contributed by atoms with Crippen LogP contribution in [0.25, 0.3) is 0 Å². The summed E-state index contributed by atoms with van der Waals surface area (Å²) in [6.07, 6.45) is 6.90. The molecule has 0 radical (unpaired) electrons. The summed E-state index contributed by atoms with van der Waals surface area (Å²) in [4.78, 5) is 30.8. The van der Waals surface area contributed by atoms with Gasteiger partial charge in [-0.15, -0.1) is 11.3 Å². The van der Waals surface area contributed by atoms with Gasteiger partial charge in [0, 0.05) is 30.3 Å². The molecule has 1 saturated carbocycles. The number of nitrogens with zero attached hydrogens (tertiary/aromatic N) is 2. The molecule has 1 aromatic heterocycles. The Morgan fingerprint density at radius 2 is 2.10 bits per heavy atom. The second-order valence-corrected chi connectivity index (χ2v) is 6.47. The Hall–Kier alpha value is -1.23. The summed E-state index contributed by atoms with van der Waals surface area (Å²) in [5.41, 5.74) is 2.22. The number of ketones is 1. The minimum Gasteiger partial charge on any atom is -0.334 e. The Bertz CT molecular complexity index is 486. The van der Waals surface area contributed by atoms with Gasteiger partial charge >= 0.3 is 0 Å². The number of Topliss-reactive ketones (excluding diaryl/α,β-unsaturated/α-hetero) is 1. The van der Waals surface area contributed by atoms with Crippen molar-refractivity contribution < 1.29 is 9.59 Å². The van der Waals surface area contributed by atoms with Crippen LogP contribution in [-0.4, -0.2) is 34.2 Å². The van der Waals surface area contributed by atoms with Gasteiger partial charge in [-0.2, -0.15) is 0 Å². The zero-order chi connectivity index (χ0) is 13.9. The second kappa shape index (κ2) is 6.04. The number of thiazole rings is 1. The Balaban J connectivity index is 1.80. The lowest BCUT2D eigenvalue weighted by Crippen LogP contribution is -2.50. The van der Waals surface area contributed by atoms with Crippen LogP contribution in [0.15, 0.2) is 10.9 Å². The van der Waals surface area contributed by atoms with Gasteiger partial charge in [0.25, 0.3) is 5.91 Å². The van der Waals surface area contributed by atoms with Crippen LogP contribution in [0, 0.1) is 5.92 Å². The molecule has 4 nitrogen and oxygen atoms in total. The van der Waals surface area contributed by atoms with Crippen molar-refractivity contribution in [2.24, 2.45) is 5.92 Å². The maximum absolute atomic E-state index is 12.6. The molecule has 0 bridgehead atoms. The van der Waals surface area contributed by atoms with E-state index in [0.717, 1.165) is 45.1 Å². The number of piperidine rings is 1. The summed E-state index contributed by atoms with van der Waals surface area (Å²) in [6.45, 7) is 0.769.